The number of nitrogens with two attached hydrogens (primary N) is 1. The molecule has 0 saturated heterocycles. The van der Waals surface area contributed by atoms with E-state index in [-0.39, 0.29) is 0 Å². The lowest BCUT2D eigenvalue weighted by molar-refractivity contribution is 0.582. The summed E-state index contributed by atoms with van der Waals surface area (Å²) in [5.74, 6) is 0. The topological polar surface area (TPSA) is 38.0 Å². The molecule has 0 aromatic heterocycles. The van der Waals surface area contributed by atoms with Crippen LogP contribution in [-0.2, 0) is 6.42 Å². The highest BCUT2D eigenvalue weighted by molar-refractivity contribution is 5.24. The predicted octanol–water partition coefficient (Wildman–Crippen LogP) is 2.25. The van der Waals surface area contributed by atoms with Gasteiger partial charge < -0.3 is 11.1 Å². The van der Waals surface area contributed by atoms with Gasteiger partial charge in [-0.25, -0.2) is 0 Å². The normalized spacial score (nSPS) is 12.7. The number of nitrogens with one attached hydrogen (secondary N) is 1. The Kier molecular flexibility index (Phi) is 5.37. The molecule has 0 aliphatic rings. The third-order valence-electron chi connectivity index (χ3n) is 2.61. The van der Waals surface area contributed by atoms with Crippen LogP contribution in [-0.4, -0.2) is 13.1 Å². The largest absolute Gasteiger partial charge is 0.329 e. The fourth-order valence-electron chi connectivity index (χ4n) is 1.68. The summed E-state index contributed by atoms with van der Waals surface area (Å²) in [6.07, 6.45) is 2.38. The maximum absolute atomic E-state index is 5.46. The van der Waals surface area contributed by atoms with Gasteiger partial charge >= 0.3 is 0 Å². The van der Waals surface area contributed by atoms with Gasteiger partial charge in [-0.1, -0.05) is 37.6 Å². The standard InChI is InChI=1S/C13H22N2/c1-3-4-12-5-7-13(8-6-12)11(2)15-10-9-14/h5-8,11,15H,3-4,9-10,14H2,1-2H3. The molecule has 0 bridgehead atoms. The summed E-state index contributed by atoms with van der Waals surface area (Å²) < 4.78 is 0. The lowest BCUT2D eigenvalue weighted by Gasteiger charge is -2.13. The van der Waals surface area contributed by atoms with Crippen LogP contribution in [0.25, 0.3) is 0 Å². The van der Waals surface area contributed by atoms with Gasteiger partial charge in [0.25, 0.3) is 0 Å². The Morgan fingerprint density at radius 1 is 1.27 bits per heavy atom. The van der Waals surface area contributed by atoms with E-state index in [2.05, 4.69) is 43.4 Å². The smallest absolute Gasteiger partial charge is 0.0292 e. The van der Waals surface area contributed by atoms with Gasteiger partial charge in [-0.05, 0) is 24.5 Å². The summed E-state index contributed by atoms with van der Waals surface area (Å²) in [6, 6.07) is 9.25. The zero-order chi connectivity index (χ0) is 11.1. The van der Waals surface area contributed by atoms with Crippen LogP contribution in [0.3, 0.4) is 0 Å². The summed E-state index contributed by atoms with van der Waals surface area (Å²) in [4.78, 5) is 0. The first-order valence-corrected chi connectivity index (χ1v) is 5.80. The highest BCUT2D eigenvalue weighted by atomic mass is 14.9. The zero-order valence-electron chi connectivity index (χ0n) is 9.79. The molecular weight excluding hydrogens is 184 g/mol. The lowest BCUT2D eigenvalue weighted by Crippen LogP contribution is -2.25. The van der Waals surface area contributed by atoms with Gasteiger partial charge in [0.15, 0.2) is 0 Å². The van der Waals surface area contributed by atoms with Crippen LogP contribution < -0.4 is 11.1 Å². The van der Waals surface area contributed by atoms with Gasteiger partial charge in [0.05, 0.1) is 0 Å². The van der Waals surface area contributed by atoms with Crippen molar-refractivity contribution >= 4 is 0 Å². The Labute approximate surface area is 92.9 Å². The van der Waals surface area contributed by atoms with E-state index < -0.39 is 0 Å². The molecule has 0 spiro atoms. The molecule has 2 nitrogen and oxygen atoms in total. The van der Waals surface area contributed by atoms with Crippen molar-refractivity contribution in [1.29, 1.82) is 0 Å². The average molecular weight is 206 g/mol. The molecule has 0 aliphatic heterocycles. The zero-order valence-corrected chi connectivity index (χ0v) is 9.79. The van der Waals surface area contributed by atoms with Crippen molar-refractivity contribution in [3.8, 4) is 0 Å². The van der Waals surface area contributed by atoms with E-state index in [0.29, 0.717) is 12.6 Å². The second-order valence-corrected chi connectivity index (χ2v) is 3.96. The third-order valence-corrected chi connectivity index (χ3v) is 2.61. The van der Waals surface area contributed by atoms with E-state index in [1.165, 1.54) is 24.0 Å². The molecule has 0 aliphatic carbocycles. The Bertz CT molecular complexity index is 266. The highest BCUT2D eigenvalue weighted by Crippen LogP contribution is 2.13. The summed E-state index contributed by atoms with van der Waals surface area (Å²) >= 11 is 0. The van der Waals surface area contributed by atoms with Gasteiger partial charge in [0.2, 0.25) is 0 Å². The molecule has 1 rings (SSSR count). The van der Waals surface area contributed by atoms with Crippen LogP contribution in [0, 0.1) is 0 Å². The van der Waals surface area contributed by atoms with E-state index in [0.717, 1.165) is 6.54 Å². The second-order valence-electron chi connectivity index (χ2n) is 3.96. The average Bonchev–Trinajstić information content (AvgIpc) is 2.27. The highest BCUT2D eigenvalue weighted by Gasteiger charge is 2.03. The van der Waals surface area contributed by atoms with Crippen molar-refractivity contribution in [3.63, 3.8) is 0 Å². The molecule has 0 heterocycles. The fourth-order valence-corrected chi connectivity index (χ4v) is 1.68. The van der Waals surface area contributed by atoms with Gasteiger partial charge in [0, 0.05) is 19.1 Å². The summed E-state index contributed by atoms with van der Waals surface area (Å²) in [6.45, 7) is 5.94. The van der Waals surface area contributed by atoms with E-state index in [1.54, 1.807) is 0 Å². The number of benzene rings is 1. The maximum atomic E-state index is 5.46. The van der Waals surface area contributed by atoms with E-state index >= 15 is 0 Å². The number of aryl methyl sites for hydroxylation is 1. The molecule has 3 N–H and O–H groups in total. The molecular formula is C13H22N2. The summed E-state index contributed by atoms with van der Waals surface area (Å²) in [5, 5.41) is 3.38. The lowest BCUT2D eigenvalue weighted by atomic mass is 10.0. The van der Waals surface area contributed by atoms with Crippen molar-refractivity contribution in [2.45, 2.75) is 32.7 Å². The molecule has 84 valence electrons. The van der Waals surface area contributed by atoms with Gasteiger partial charge in [-0.2, -0.15) is 0 Å². The molecule has 0 amide bonds. The minimum atomic E-state index is 0.393. The van der Waals surface area contributed by atoms with E-state index in [9.17, 15) is 0 Å². The predicted molar refractivity (Wildman–Crippen MR) is 65.9 cm³/mol. The van der Waals surface area contributed by atoms with Crippen LogP contribution in [0.4, 0.5) is 0 Å². The molecule has 0 saturated carbocycles. The Morgan fingerprint density at radius 3 is 2.47 bits per heavy atom. The third kappa shape index (κ3) is 4.02. The summed E-state index contributed by atoms with van der Waals surface area (Å²) in [7, 11) is 0. The molecule has 2 heteroatoms. The molecule has 1 unspecified atom stereocenters. The van der Waals surface area contributed by atoms with E-state index in [4.69, 9.17) is 5.73 Å². The Hall–Kier alpha value is -0.860. The van der Waals surface area contributed by atoms with Crippen molar-refractivity contribution in [3.05, 3.63) is 35.4 Å². The molecule has 15 heavy (non-hydrogen) atoms. The fraction of sp³-hybridized carbons (Fsp3) is 0.538. The first kappa shape index (κ1) is 12.2. The van der Waals surface area contributed by atoms with Crippen molar-refractivity contribution < 1.29 is 0 Å². The Balaban J connectivity index is 2.54. The first-order valence-electron chi connectivity index (χ1n) is 5.80. The van der Waals surface area contributed by atoms with Crippen molar-refractivity contribution in [2.24, 2.45) is 5.73 Å². The van der Waals surface area contributed by atoms with Crippen LogP contribution in [0.5, 0.6) is 0 Å². The molecule has 1 atom stereocenters. The van der Waals surface area contributed by atoms with Crippen molar-refractivity contribution in [2.75, 3.05) is 13.1 Å². The molecule has 0 fully saturated rings. The van der Waals surface area contributed by atoms with Crippen LogP contribution >= 0.6 is 0 Å². The molecule has 1 aromatic carbocycles. The maximum Gasteiger partial charge on any atom is 0.0292 e. The van der Waals surface area contributed by atoms with Gasteiger partial charge in [-0.15, -0.1) is 0 Å². The monoisotopic (exact) mass is 206 g/mol. The quantitative estimate of drug-likeness (QED) is 0.749. The second kappa shape index (κ2) is 6.59. The van der Waals surface area contributed by atoms with Gasteiger partial charge in [0.1, 0.15) is 0 Å². The Morgan fingerprint density at radius 2 is 1.93 bits per heavy atom. The number of rotatable bonds is 6. The minimum absolute atomic E-state index is 0.393. The molecule has 0 radical (unpaired) electrons. The van der Waals surface area contributed by atoms with Gasteiger partial charge in [-0.3, -0.25) is 0 Å². The minimum Gasteiger partial charge on any atom is -0.329 e. The first-order chi connectivity index (χ1) is 7.27. The van der Waals surface area contributed by atoms with Crippen LogP contribution in [0.15, 0.2) is 24.3 Å². The van der Waals surface area contributed by atoms with Crippen LogP contribution in [0.1, 0.15) is 37.4 Å². The summed E-state index contributed by atoms with van der Waals surface area (Å²) in [5.41, 5.74) is 8.22. The number of hydrogen-bond donors (Lipinski definition) is 2. The van der Waals surface area contributed by atoms with E-state index in [1.807, 2.05) is 0 Å². The van der Waals surface area contributed by atoms with Crippen molar-refractivity contribution in [1.82, 2.24) is 5.32 Å². The van der Waals surface area contributed by atoms with Crippen LogP contribution in [0.2, 0.25) is 0 Å². The molecule has 1 aromatic rings. The number of hydrogen-bond acceptors (Lipinski definition) is 2. The SMILES string of the molecule is CCCc1ccc(C(C)NCCN)cc1.